The monoisotopic (exact) mass is 252 g/mol. The first kappa shape index (κ1) is 14.5. The van der Waals surface area contributed by atoms with Crippen LogP contribution in [0.2, 0.25) is 0 Å². The molecule has 1 rings (SSSR count). The van der Waals surface area contributed by atoms with Gasteiger partial charge in [0.15, 0.2) is 0 Å². The van der Waals surface area contributed by atoms with Crippen LogP contribution in [-0.2, 0) is 11.4 Å². The molecule has 5 nitrogen and oxygen atoms in total. The molecule has 0 radical (unpaired) electrons. The number of ether oxygens (including phenoxy) is 1. The van der Waals surface area contributed by atoms with Crippen molar-refractivity contribution in [2.45, 2.75) is 25.5 Å². The molecule has 0 aromatic heterocycles. The van der Waals surface area contributed by atoms with Crippen LogP contribution in [0.15, 0.2) is 24.3 Å². The highest BCUT2D eigenvalue weighted by atomic mass is 16.5. The molecule has 0 aliphatic heterocycles. The van der Waals surface area contributed by atoms with E-state index in [-0.39, 0.29) is 6.61 Å². The van der Waals surface area contributed by atoms with E-state index in [0.717, 1.165) is 5.56 Å². The number of hydrogen-bond donors (Lipinski definition) is 3. The molecule has 1 atom stereocenters. The van der Waals surface area contributed by atoms with Crippen molar-refractivity contribution in [1.82, 2.24) is 5.32 Å². The molecule has 0 aliphatic carbocycles. The van der Waals surface area contributed by atoms with Crippen LogP contribution in [0.5, 0.6) is 5.75 Å². The molecular weight excluding hydrogens is 232 g/mol. The first-order valence-corrected chi connectivity index (χ1v) is 5.84. The molecule has 0 fully saturated rings. The number of hydrogen-bond acceptors (Lipinski definition) is 4. The number of para-hydroxylation sites is 1. The second-order valence-electron chi connectivity index (χ2n) is 4.31. The van der Waals surface area contributed by atoms with Crippen LogP contribution in [0, 0.1) is 0 Å². The lowest BCUT2D eigenvalue weighted by atomic mass is 9.98. The topological polar surface area (TPSA) is 84.6 Å². The van der Waals surface area contributed by atoms with Gasteiger partial charge in [-0.25, -0.2) is 0 Å². The lowest BCUT2D eigenvalue weighted by molar-refractivity contribution is -0.124. The number of nitrogens with one attached hydrogen (secondary N) is 1. The van der Waals surface area contributed by atoms with Crippen LogP contribution in [-0.4, -0.2) is 30.2 Å². The van der Waals surface area contributed by atoms with E-state index in [1.165, 1.54) is 0 Å². The Kier molecular flexibility index (Phi) is 5.12. The van der Waals surface area contributed by atoms with E-state index in [9.17, 15) is 4.79 Å². The average molecular weight is 252 g/mol. The summed E-state index contributed by atoms with van der Waals surface area (Å²) < 4.78 is 5.57. The highest BCUT2D eigenvalue weighted by molar-refractivity contribution is 5.84. The summed E-state index contributed by atoms with van der Waals surface area (Å²) in [6, 6.07) is 7.24. The quantitative estimate of drug-likeness (QED) is 0.656. The maximum absolute atomic E-state index is 11.3. The lowest BCUT2D eigenvalue weighted by Crippen LogP contribution is -2.52. The molecule has 0 saturated heterocycles. The van der Waals surface area contributed by atoms with Gasteiger partial charge in [0.1, 0.15) is 5.75 Å². The predicted octanol–water partition coefficient (Wildman–Crippen LogP) is 0.411. The van der Waals surface area contributed by atoms with Crippen molar-refractivity contribution in [3.8, 4) is 5.75 Å². The third-order valence-corrected chi connectivity index (χ3v) is 3.10. The van der Waals surface area contributed by atoms with Crippen LogP contribution in [0.1, 0.15) is 18.9 Å². The summed E-state index contributed by atoms with van der Waals surface area (Å²) in [5, 5.41) is 12.0. The zero-order chi connectivity index (χ0) is 13.6. The van der Waals surface area contributed by atoms with Gasteiger partial charge in [0.25, 0.3) is 0 Å². The van der Waals surface area contributed by atoms with Crippen LogP contribution >= 0.6 is 0 Å². The third-order valence-electron chi connectivity index (χ3n) is 3.10. The van der Waals surface area contributed by atoms with Crippen LogP contribution in [0.25, 0.3) is 0 Å². The highest BCUT2D eigenvalue weighted by Crippen LogP contribution is 2.19. The van der Waals surface area contributed by atoms with E-state index in [1.54, 1.807) is 26.1 Å². The molecule has 1 unspecified atom stereocenters. The Morgan fingerprint density at radius 1 is 1.50 bits per heavy atom. The van der Waals surface area contributed by atoms with Gasteiger partial charge < -0.3 is 20.9 Å². The molecule has 0 bridgehead atoms. The van der Waals surface area contributed by atoms with Crippen molar-refractivity contribution in [3.63, 3.8) is 0 Å². The van der Waals surface area contributed by atoms with Gasteiger partial charge in [-0.3, -0.25) is 4.79 Å². The summed E-state index contributed by atoms with van der Waals surface area (Å²) in [6.07, 6.45) is 0.457. The minimum Gasteiger partial charge on any atom is -0.493 e. The van der Waals surface area contributed by atoms with Crippen molar-refractivity contribution >= 4 is 5.91 Å². The Morgan fingerprint density at radius 2 is 2.17 bits per heavy atom. The van der Waals surface area contributed by atoms with Crippen molar-refractivity contribution in [2.24, 2.45) is 5.73 Å². The van der Waals surface area contributed by atoms with Crippen LogP contribution in [0.4, 0.5) is 0 Å². The highest BCUT2D eigenvalue weighted by Gasteiger charge is 2.28. The van der Waals surface area contributed by atoms with Gasteiger partial charge in [-0.1, -0.05) is 18.2 Å². The summed E-state index contributed by atoms with van der Waals surface area (Å²) in [6.45, 7) is 2.00. The minimum atomic E-state index is -0.784. The average Bonchev–Trinajstić information content (AvgIpc) is 2.38. The largest absolute Gasteiger partial charge is 0.493 e. The zero-order valence-electron chi connectivity index (χ0n) is 10.8. The van der Waals surface area contributed by atoms with E-state index in [0.29, 0.717) is 18.8 Å². The molecule has 0 saturated carbocycles. The number of carbonyl (C=O) groups is 1. The summed E-state index contributed by atoms with van der Waals surface area (Å²) in [5.41, 5.74) is 5.26. The normalized spacial score (nSPS) is 13.9. The molecule has 0 heterocycles. The molecule has 18 heavy (non-hydrogen) atoms. The number of carbonyl (C=O) groups excluding carboxylic acids is 1. The van der Waals surface area contributed by atoms with E-state index in [2.05, 4.69) is 5.32 Å². The van der Waals surface area contributed by atoms with E-state index < -0.39 is 11.4 Å². The third kappa shape index (κ3) is 3.45. The Labute approximate surface area is 107 Å². The fourth-order valence-electron chi connectivity index (χ4n) is 1.51. The molecule has 1 aromatic carbocycles. The number of rotatable bonds is 7. The van der Waals surface area contributed by atoms with Crippen molar-refractivity contribution in [1.29, 1.82) is 0 Å². The Hall–Kier alpha value is -1.59. The minimum absolute atomic E-state index is 0.0741. The Bertz CT molecular complexity index is 409. The van der Waals surface area contributed by atoms with Gasteiger partial charge in [-0.2, -0.15) is 0 Å². The second kappa shape index (κ2) is 6.37. The number of likely N-dealkylation sites (N-methyl/N-ethyl adjacent to an activating group) is 1. The molecule has 0 aliphatic rings. The Morgan fingerprint density at radius 3 is 2.72 bits per heavy atom. The predicted molar refractivity (Wildman–Crippen MR) is 69.1 cm³/mol. The fourth-order valence-corrected chi connectivity index (χ4v) is 1.51. The SMILES string of the molecule is CNC(C)(CCOc1ccccc1CO)C(N)=O. The second-order valence-corrected chi connectivity index (χ2v) is 4.31. The maximum Gasteiger partial charge on any atom is 0.237 e. The lowest BCUT2D eigenvalue weighted by Gasteiger charge is -2.25. The number of aliphatic hydroxyl groups excluding tert-OH is 1. The molecular formula is C13H20N2O3. The number of primary amides is 1. The van der Waals surface area contributed by atoms with E-state index >= 15 is 0 Å². The van der Waals surface area contributed by atoms with Crippen molar-refractivity contribution in [2.75, 3.05) is 13.7 Å². The fraction of sp³-hybridized carbons (Fsp3) is 0.462. The number of aliphatic hydroxyl groups is 1. The smallest absolute Gasteiger partial charge is 0.237 e. The summed E-state index contributed by atoms with van der Waals surface area (Å²) in [7, 11) is 1.69. The van der Waals surface area contributed by atoms with Gasteiger partial charge in [0.05, 0.1) is 18.8 Å². The zero-order valence-corrected chi connectivity index (χ0v) is 10.8. The molecule has 0 spiro atoms. The molecule has 100 valence electrons. The van der Waals surface area contributed by atoms with Gasteiger partial charge in [-0.15, -0.1) is 0 Å². The first-order chi connectivity index (χ1) is 8.53. The maximum atomic E-state index is 11.3. The van der Waals surface area contributed by atoms with Crippen LogP contribution in [0.3, 0.4) is 0 Å². The molecule has 5 heteroatoms. The van der Waals surface area contributed by atoms with Gasteiger partial charge in [-0.05, 0) is 20.0 Å². The first-order valence-electron chi connectivity index (χ1n) is 5.84. The van der Waals surface area contributed by atoms with Gasteiger partial charge >= 0.3 is 0 Å². The molecule has 4 N–H and O–H groups in total. The van der Waals surface area contributed by atoms with E-state index in [1.807, 2.05) is 12.1 Å². The molecule has 1 amide bonds. The Balaban J connectivity index is 2.58. The van der Waals surface area contributed by atoms with Crippen molar-refractivity contribution in [3.05, 3.63) is 29.8 Å². The van der Waals surface area contributed by atoms with E-state index in [4.69, 9.17) is 15.6 Å². The number of amides is 1. The number of benzene rings is 1. The summed E-state index contributed by atoms with van der Waals surface area (Å²) in [4.78, 5) is 11.3. The summed E-state index contributed by atoms with van der Waals surface area (Å²) >= 11 is 0. The number of nitrogens with two attached hydrogens (primary N) is 1. The van der Waals surface area contributed by atoms with Crippen LogP contribution < -0.4 is 15.8 Å². The summed E-state index contributed by atoms with van der Waals surface area (Å²) in [5.74, 6) is 0.215. The molecule has 1 aromatic rings. The standard InChI is InChI=1S/C13H20N2O3/c1-13(15-2,12(14)17)7-8-18-11-6-4-3-5-10(11)9-16/h3-6,15-16H,7-9H2,1-2H3,(H2,14,17). The van der Waals surface area contributed by atoms with Gasteiger partial charge in [0.2, 0.25) is 5.91 Å². The van der Waals surface area contributed by atoms with Gasteiger partial charge in [0, 0.05) is 12.0 Å². The van der Waals surface area contributed by atoms with Crippen molar-refractivity contribution < 1.29 is 14.6 Å².